The minimum absolute atomic E-state index is 0.253. The lowest BCUT2D eigenvalue weighted by Gasteiger charge is -2.32. The number of benzene rings is 2. The van der Waals surface area contributed by atoms with Gasteiger partial charge in [0.15, 0.2) is 5.82 Å². The number of nitrogens with one attached hydrogen (secondary N) is 1. The van der Waals surface area contributed by atoms with Gasteiger partial charge in [0.25, 0.3) is 0 Å². The molecule has 0 aliphatic carbocycles. The van der Waals surface area contributed by atoms with Gasteiger partial charge < -0.3 is 4.52 Å². The molecular weight excluding hydrogens is 342 g/mol. The molecule has 0 unspecified atom stereocenters. The van der Waals surface area contributed by atoms with Crippen molar-refractivity contribution in [1.29, 1.82) is 0 Å². The van der Waals surface area contributed by atoms with Crippen molar-refractivity contribution in [2.75, 3.05) is 4.72 Å². The fourth-order valence-corrected chi connectivity index (χ4v) is 3.28. The van der Waals surface area contributed by atoms with Crippen molar-refractivity contribution in [3.63, 3.8) is 0 Å². The first-order chi connectivity index (χ1) is 12.0. The van der Waals surface area contributed by atoms with Gasteiger partial charge in [0.05, 0.1) is 4.90 Å². The highest BCUT2D eigenvalue weighted by Gasteiger charge is 2.17. The molecule has 0 saturated carbocycles. The normalized spacial score (nSPS) is 11.6. The monoisotopic (exact) mass is 357 g/mol. The number of aromatic nitrogens is 1. The van der Waals surface area contributed by atoms with Crippen LogP contribution in [0.25, 0.3) is 21.6 Å². The SMILES string of the molecule is Cc1cc(NS(O)(O)c2ccc(-c3cccc(N=[N+]=[N-])c3)cc2)no1. The van der Waals surface area contributed by atoms with Gasteiger partial charge in [-0.05, 0) is 41.8 Å². The summed E-state index contributed by atoms with van der Waals surface area (Å²) in [7, 11) is -3.25. The van der Waals surface area contributed by atoms with Crippen LogP contribution in [0, 0.1) is 6.92 Å². The standard InChI is InChI=1S/C16H15N5O3S/c1-11-9-16(19-24-11)20-25(22,23)15-7-5-12(6-8-15)13-3-2-4-14(10-13)18-21-17/h2-10,22-23H,1H3,(H,19,20). The Labute approximate surface area is 145 Å². The number of aryl methyl sites for hydroxylation is 1. The lowest BCUT2D eigenvalue weighted by atomic mass is 10.1. The summed E-state index contributed by atoms with van der Waals surface area (Å²) in [5.74, 6) is 0.816. The molecule has 9 heteroatoms. The molecule has 3 rings (SSSR count). The molecule has 0 bridgehead atoms. The van der Waals surface area contributed by atoms with Crippen LogP contribution >= 0.6 is 10.8 Å². The molecule has 2 aromatic carbocycles. The van der Waals surface area contributed by atoms with E-state index < -0.39 is 10.8 Å². The van der Waals surface area contributed by atoms with Crippen LogP contribution in [0.5, 0.6) is 0 Å². The summed E-state index contributed by atoms with van der Waals surface area (Å²) < 4.78 is 28.1. The fraction of sp³-hybridized carbons (Fsp3) is 0.0625. The molecule has 0 amide bonds. The average Bonchev–Trinajstić information content (AvgIpc) is 3.00. The highest BCUT2D eigenvalue weighted by atomic mass is 32.3. The zero-order chi connectivity index (χ0) is 17.9. The topological polar surface area (TPSA) is 127 Å². The van der Waals surface area contributed by atoms with Crippen molar-refractivity contribution in [2.24, 2.45) is 5.11 Å². The van der Waals surface area contributed by atoms with Crippen molar-refractivity contribution in [3.8, 4) is 11.1 Å². The summed E-state index contributed by atoms with van der Waals surface area (Å²) in [6.45, 7) is 1.71. The fourth-order valence-electron chi connectivity index (χ4n) is 2.26. The highest BCUT2D eigenvalue weighted by Crippen LogP contribution is 2.47. The lowest BCUT2D eigenvalue weighted by Crippen LogP contribution is -2.09. The predicted octanol–water partition coefficient (Wildman–Crippen LogP) is 5.73. The number of rotatable bonds is 5. The van der Waals surface area contributed by atoms with Gasteiger partial charge in [-0.15, -0.1) is 0 Å². The van der Waals surface area contributed by atoms with Crippen LogP contribution in [0.3, 0.4) is 0 Å². The zero-order valence-corrected chi connectivity index (χ0v) is 14.0. The Morgan fingerprint density at radius 3 is 2.52 bits per heavy atom. The first-order valence-electron chi connectivity index (χ1n) is 7.23. The van der Waals surface area contributed by atoms with Crippen LogP contribution in [-0.4, -0.2) is 14.3 Å². The Hall–Kier alpha value is -2.97. The van der Waals surface area contributed by atoms with Crippen LogP contribution in [0.4, 0.5) is 11.5 Å². The molecule has 0 aliphatic rings. The molecule has 0 aliphatic heterocycles. The second-order valence-electron chi connectivity index (χ2n) is 5.24. The Morgan fingerprint density at radius 2 is 1.88 bits per heavy atom. The molecule has 1 heterocycles. The van der Waals surface area contributed by atoms with E-state index in [0.29, 0.717) is 16.3 Å². The second kappa shape index (κ2) is 6.88. The van der Waals surface area contributed by atoms with Gasteiger partial charge in [0.1, 0.15) is 5.76 Å². The molecule has 1 aromatic heterocycles. The van der Waals surface area contributed by atoms with E-state index in [4.69, 9.17) is 10.1 Å². The summed E-state index contributed by atoms with van der Waals surface area (Å²) in [6, 6.07) is 15.4. The lowest BCUT2D eigenvalue weighted by molar-refractivity contribution is 0.399. The van der Waals surface area contributed by atoms with E-state index in [-0.39, 0.29) is 5.82 Å². The molecule has 3 aromatic rings. The van der Waals surface area contributed by atoms with Crippen LogP contribution in [-0.2, 0) is 0 Å². The molecule has 0 spiro atoms. The molecular formula is C16H15N5O3S. The average molecular weight is 357 g/mol. The van der Waals surface area contributed by atoms with Crippen molar-refractivity contribution in [1.82, 2.24) is 5.16 Å². The zero-order valence-electron chi connectivity index (χ0n) is 13.2. The Morgan fingerprint density at radius 1 is 1.12 bits per heavy atom. The Balaban J connectivity index is 1.84. The predicted molar refractivity (Wildman–Crippen MR) is 96.7 cm³/mol. The van der Waals surface area contributed by atoms with Crippen LogP contribution < -0.4 is 4.72 Å². The molecule has 0 fully saturated rings. The smallest absolute Gasteiger partial charge is 0.187 e. The molecule has 25 heavy (non-hydrogen) atoms. The summed E-state index contributed by atoms with van der Waals surface area (Å²) in [4.78, 5) is 3.09. The van der Waals surface area contributed by atoms with Crippen molar-refractivity contribution in [3.05, 3.63) is 70.8 Å². The van der Waals surface area contributed by atoms with Crippen molar-refractivity contribution >= 4 is 22.3 Å². The number of azide groups is 1. The van der Waals surface area contributed by atoms with E-state index in [9.17, 15) is 9.11 Å². The van der Waals surface area contributed by atoms with Gasteiger partial charge >= 0.3 is 0 Å². The molecule has 3 N–H and O–H groups in total. The van der Waals surface area contributed by atoms with Gasteiger partial charge in [-0.1, -0.05) is 51.4 Å². The minimum atomic E-state index is -3.25. The Kier molecular flexibility index (Phi) is 4.64. The number of nitrogens with zero attached hydrogens (tertiary/aromatic N) is 4. The number of anilines is 1. The van der Waals surface area contributed by atoms with Gasteiger partial charge in [-0.2, -0.15) is 0 Å². The summed E-state index contributed by atoms with van der Waals surface area (Å²) >= 11 is 0. The first-order valence-corrected chi connectivity index (χ1v) is 8.77. The molecule has 0 radical (unpaired) electrons. The highest BCUT2D eigenvalue weighted by molar-refractivity contribution is 8.25. The van der Waals surface area contributed by atoms with E-state index >= 15 is 0 Å². The van der Waals surface area contributed by atoms with Crippen molar-refractivity contribution < 1.29 is 13.6 Å². The largest absolute Gasteiger partial charge is 0.360 e. The van der Waals surface area contributed by atoms with Crippen LogP contribution in [0.15, 0.2) is 69.1 Å². The maximum Gasteiger partial charge on any atom is 0.187 e. The van der Waals surface area contributed by atoms with Crippen LogP contribution in [0.1, 0.15) is 5.76 Å². The summed E-state index contributed by atoms with van der Waals surface area (Å²) in [5, 5.41) is 7.27. The molecule has 0 atom stereocenters. The van der Waals surface area contributed by atoms with E-state index in [1.54, 1.807) is 55.5 Å². The van der Waals surface area contributed by atoms with Gasteiger partial charge in [0, 0.05) is 16.7 Å². The van der Waals surface area contributed by atoms with E-state index in [2.05, 4.69) is 19.9 Å². The molecule has 128 valence electrons. The maximum atomic E-state index is 10.3. The van der Waals surface area contributed by atoms with Gasteiger partial charge in [-0.25, -0.2) is 0 Å². The minimum Gasteiger partial charge on any atom is -0.360 e. The van der Waals surface area contributed by atoms with E-state index in [1.807, 2.05) is 6.07 Å². The van der Waals surface area contributed by atoms with Gasteiger partial charge in [0.2, 0.25) is 0 Å². The van der Waals surface area contributed by atoms with E-state index in [0.717, 1.165) is 11.1 Å². The third-order valence-corrected chi connectivity index (χ3v) is 4.82. The first kappa shape index (κ1) is 16.9. The van der Waals surface area contributed by atoms with E-state index in [1.165, 1.54) is 0 Å². The molecule has 0 saturated heterocycles. The van der Waals surface area contributed by atoms with Gasteiger partial charge in [-0.3, -0.25) is 13.8 Å². The third-order valence-electron chi connectivity index (χ3n) is 3.40. The maximum absolute atomic E-state index is 10.3. The Bertz CT molecular complexity index is 933. The molecule has 8 nitrogen and oxygen atoms in total. The summed E-state index contributed by atoms with van der Waals surface area (Å²) in [6.07, 6.45) is 0. The van der Waals surface area contributed by atoms with Crippen molar-refractivity contribution in [2.45, 2.75) is 11.8 Å². The number of hydrogen-bond donors (Lipinski definition) is 3. The second-order valence-corrected chi connectivity index (χ2v) is 7.01. The summed E-state index contributed by atoms with van der Waals surface area (Å²) in [5.41, 5.74) is 10.7. The van der Waals surface area contributed by atoms with Crippen LogP contribution in [0.2, 0.25) is 0 Å². The number of hydrogen-bond acceptors (Lipinski definition) is 6. The third kappa shape index (κ3) is 3.93. The quantitative estimate of drug-likeness (QED) is 0.305.